The Hall–Kier alpha value is -3.94. The average molecular weight is 437 g/mol. The molecule has 1 aliphatic rings. The number of anilines is 2. The number of carbonyl (C=O) groups is 2. The van der Waals surface area contributed by atoms with Crippen LogP contribution in [0.3, 0.4) is 0 Å². The van der Waals surface area contributed by atoms with Gasteiger partial charge in [0.15, 0.2) is 0 Å². The van der Waals surface area contributed by atoms with Crippen LogP contribution in [-0.2, 0) is 9.59 Å². The fraction of sp³-hybridized carbons (Fsp3) is 0.125. The molecule has 1 unspecified atom stereocenters. The Morgan fingerprint density at radius 3 is 2.38 bits per heavy atom. The van der Waals surface area contributed by atoms with Crippen molar-refractivity contribution in [1.29, 1.82) is 0 Å². The summed E-state index contributed by atoms with van der Waals surface area (Å²) < 4.78 is 38.5. The van der Waals surface area contributed by atoms with Crippen molar-refractivity contribution in [2.45, 2.75) is 12.1 Å². The number of nitrogens with one attached hydrogen (secondary N) is 1. The maximum Gasteiger partial charge on any atom is 0.471 e. The van der Waals surface area contributed by atoms with Gasteiger partial charge in [-0.15, -0.1) is 0 Å². The lowest BCUT2D eigenvalue weighted by atomic mass is 9.90. The summed E-state index contributed by atoms with van der Waals surface area (Å²) in [5.74, 6) is -2.91. The monoisotopic (exact) mass is 437 g/mol. The standard InChI is InChI=1S/C24H18F3N3O2/c1-30(23(32)24(25,26)27)17-11-7-10-16(14-17)28-21(15-8-3-2-4-9-15)20-18-12-5-6-13-19(18)29-22(20)31/h2-14,20H,1H3,(H,29,31). The second-order valence-electron chi connectivity index (χ2n) is 7.25. The minimum absolute atomic E-state index is 0.0391. The van der Waals surface area contributed by atoms with Crippen LogP contribution >= 0.6 is 0 Å². The number of nitrogens with zero attached hydrogens (tertiary/aromatic N) is 2. The van der Waals surface area contributed by atoms with Crippen LogP contribution in [0.15, 0.2) is 83.9 Å². The van der Waals surface area contributed by atoms with Crippen molar-refractivity contribution < 1.29 is 22.8 Å². The van der Waals surface area contributed by atoms with E-state index in [4.69, 9.17) is 0 Å². The molecule has 5 nitrogen and oxygen atoms in total. The molecular formula is C24H18F3N3O2. The number of halogens is 3. The first kappa shape index (κ1) is 21.3. The predicted molar refractivity (Wildman–Crippen MR) is 116 cm³/mol. The lowest BCUT2D eigenvalue weighted by Gasteiger charge is -2.19. The molecule has 0 bridgehead atoms. The van der Waals surface area contributed by atoms with Crippen molar-refractivity contribution in [3.05, 3.63) is 90.0 Å². The van der Waals surface area contributed by atoms with Gasteiger partial charge in [-0.25, -0.2) is 0 Å². The lowest BCUT2D eigenvalue weighted by molar-refractivity contribution is -0.170. The molecule has 0 aliphatic carbocycles. The Labute approximate surface area is 182 Å². The number of carbonyl (C=O) groups excluding carboxylic acids is 2. The summed E-state index contributed by atoms with van der Waals surface area (Å²) >= 11 is 0. The van der Waals surface area contributed by atoms with Gasteiger partial charge in [-0.2, -0.15) is 13.2 Å². The molecule has 4 rings (SSSR count). The number of rotatable bonds is 4. The van der Waals surface area contributed by atoms with E-state index in [1.807, 2.05) is 48.5 Å². The number of alkyl halides is 3. The van der Waals surface area contributed by atoms with Gasteiger partial charge in [0.05, 0.1) is 11.4 Å². The zero-order valence-corrected chi connectivity index (χ0v) is 16.9. The van der Waals surface area contributed by atoms with Gasteiger partial charge in [0.25, 0.3) is 0 Å². The van der Waals surface area contributed by atoms with Crippen LogP contribution in [0.4, 0.5) is 30.2 Å². The highest BCUT2D eigenvalue weighted by atomic mass is 19.4. The van der Waals surface area contributed by atoms with Gasteiger partial charge in [0.2, 0.25) is 5.91 Å². The van der Waals surface area contributed by atoms with E-state index in [0.717, 1.165) is 12.6 Å². The Balaban J connectivity index is 1.80. The van der Waals surface area contributed by atoms with Crippen molar-refractivity contribution in [2.75, 3.05) is 17.3 Å². The van der Waals surface area contributed by atoms with Crippen molar-refractivity contribution in [2.24, 2.45) is 4.99 Å². The smallest absolute Gasteiger partial charge is 0.325 e. The number of benzene rings is 3. The van der Waals surface area contributed by atoms with Crippen LogP contribution in [0.25, 0.3) is 0 Å². The van der Waals surface area contributed by atoms with Gasteiger partial charge in [-0.05, 0) is 35.4 Å². The number of aliphatic imine (C=N–C) groups is 1. The molecule has 0 spiro atoms. The van der Waals surface area contributed by atoms with E-state index in [-0.39, 0.29) is 11.6 Å². The van der Waals surface area contributed by atoms with Gasteiger partial charge in [0.1, 0.15) is 5.92 Å². The first-order valence-electron chi connectivity index (χ1n) is 9.74. The zero-order chi connectivity index (χ0) is 22.9. The zero-order valence-electron chi connectivity index (χ0n) is 16.9. The second kappa shape index (κ2) is 8.30. The van der Waals surface area contributed by atoms with E-state index in [0.29, 0.717) is 27.5 Å². The molecule has 0 radical (unpaired) electrons. The number of fused-ring (bicyclic) bond motifs is 1. The number of hydrogen-bond donors (Lipinski definition) is 1. The first-order valence-corrected chi connectivity index (χ1v) is 9.74. The fourth-order valence-electron chi connectivity index (χ4n) is 3.60. The van der Waals surface area contributed by atoms with E-state index in [1.165, 1.54) is 18.2 Å². The molecule has 2 amide bonds. The molecule has 3 aromatic carbocycles. The minimum atomic E-state index is -4.99. The summed E-state index contributed by atoms with van der Waals surface area (Å²) in [6.07, 6.45) is -4.99. The Morgan fingerprint density at radius 1 is 0.969 bits per heavy atom. The molecule has 1 heterocycles. The Morgan fingerprint density at radius 2 is 1.66 bits per heavy atom. The largest absolute Gasteiger partial charge is 0.471 e. The molecule has 0 fully saturated rings. The van der Waals surface area contributed by atoms with Crippen molar-refractivity contribution in [3.63, 3.8) is 0 Å². The summed E-state index contributed by atoms with van der Waals surface area (Å²) in [7, 11) is 1.05. The van der Waals surface area contributed by atoms with Gasteiger partial charge in [-0.1, -0.05) is 54.6 Å². The first-order chi connectivity index (χ1) is 15.3. The van der Waals surface area contributed by atoms with E-state index < -0.39 is 18.0 Å². The summed E-state index contributed by atoms with van der Waals surface area (Å²) in [4.78, 5) is 29.7. The van der Waals surface area contributed by atoms with E-state index >= 15 is 0 Å². The molecule has 0 saturated carbocycles. The van der Waals surface area contributed by atoms with Crippen LogP contribution < -0.4 is 10.2 Å². The number of amides is 2. The van der Waals surface area contributed by atoms with Crippen LogP contribution in [0.5, 0.6) is 0 Å². The van der Waals surface area contributed by atoms with Crippen molar-refractivity contribution in [1.82, 2.24) is 0 Å². The molecule has 1 atom stereocenters. The average Bonchev–Trinajstić information content (AvgIpc) is 3.12. The molecular weight excluding hydrogens is 419 g/mol. The maximum absolute atomic E-state index is 12.8. The summed E-state index contributed by atoms with van der Waals surface area (Å²) in [5.41, 5.74) is 2.97. The van der Waals surface area contributed by atoms with E-state index in [2.05, 4.69) is 10.3 Å². The Bertz CT molecular complexity index is 1210. The van der Waals surface area contributed by atoms with Crippen molar-refractivity contribution in [3.8, 4) is 0 Å². The maximum atomic E-state index is 12.8. The molecule has 0 saturated heterocycles. The van der Waals surface area contributed by atoms with Gasteiger partial charge < -0.3 is 10.2 Å². The predicted octanol–water partition coefficient (Wildman–Crippen LogP) is 5.07. The summed E-state index contributed by atoms with van der Waals surface area (Å²) in [6, 6.07) is 22.3. The van der Waals surface area contributed by atoms with Crippen molar-refractivity contribution >= 4 is 34.6 Å². The van der Waals surface area contributed by atoms with Crippen LogP contribution in [0.2, 0.25) is 0 Å². The third-order valence-corrected chi connectivity index (χ3v) is 5.15. The molecule has 0 aromatic heterocycles. The number of hydrogen-bond acceptors (Lipinski definition) is 3. The van der Waals surface area contributed by atoms with Gasteiger partial charge in [0, 0.05) is 18.4 Å². The SMILES string of the molecule is CN(C(=O)C(F)(F)F)c1cccc(N=C(c2ccccc2)C2C(=O)Nc3ccccc32)c1. The molecule has 1 N–H and O–H groups in total. The molecule has 3 aromatic rings. The summed E-state index contributed by atoms with van der Waals surface area (Å²) in [6.45, 7) is 0. The third-order valence-electron chi connectivity index (χ3n) is 5.15. The molecule has 162 valence electrons. The minimum Gasteiger partial charge on any atom is -0.325 e. The van der Waals surface area contributed by atoms with E-state index in [9.17, 15) is 22.8 Å². The van der Waals surface area contributed by atoms with Crippen LogP contribution in [-0.4, -0.2) is 30.8 Å². The van der Waals surface area contributed by atoms with E-state index in [1.54, 1.807) is 12.1 Å². The molecule has 8 heteroatoms. The quantitative estimate of drug-likeness (QED) is 0.580. The highest BCUT2D eigenvalue weighted by Gasteiger charge is 2.41. The number of para-hydroxylation sites is 1. The summed E-state index contributed by atoms with van der Waals surface area (Å²) in [5, 5.41) is 2.85. The Kier molecular flexibility index (Phi) is 5.52. The van der Waals surface area contributed by atoms with Gasteiger partial charge in [-0.3, -0.25) is 14.6 Å². The molecule has 1 aliphatic heterocycles. The lowest BCUT2D eigenvalue weighted by Crippen LogP contribution is -2.38. The normalized spacial score (nSPS) is 15.8. The highest BCUT2D eigenvalue weighted by molar-refractivity contribution is 6.24. The van der Waals surface area contributed by atoms with Crippen LogP contribution in [0.1, 0.15) is 17.0 Å². The van der Waals surface area contributed by atoms with Gasteiger partial charge >= 0.3 is 12.1 Å². The third kappa shape index (κ3) is 4.12. The molecule has 32 heavy (non-hydrogen) atoms. The highest BCUT2D eigenvalue weighted by Crippen LogP contribution is 2.36. The topological polar surface area (TPSA) is 61.8 Å². The fourth-order valence-corrected chi connectivity index (χ4v) is 3.60. The second-order valence-corrected chi connectivity index (χ2v) is 7.25. The van der Waals surface area contributed by atoms with Crippen LogP contribution in [0, 0.1) is 0 Å².